The number of hydrogen-bond acceptors (Lipinski definition) is 3. The average molecular weight is 279 g/mol. The number of benzene rings is 1. The smallest absolute Gasteiger partial charge is 0.319 e. The molecule has 1 rings (SSSR count). The number of anilines is 1. The maximum atomic E-state index is 11.6. The summed E-state index contributed by atoms with van der Waals surface area (Å²) in [5, 5.41) is 8.97. The standard InChI is InChI=1S/C15H25N3O2/c1-4-8-16-12(2)13-6-5-7-14(11-13)18-15(19)17-9-10-20-3/h5-7,11-12,16H,4,8-10H2,1-3H3,(H2,17,18,19). The lowest BCUT2D eigenvalue weighted by molar-refractivity contribution is 0.198. The summed E-state index contributed by atoms with van der Waals surface area (Å²) < 4.78 is 4.88. The number of urea groups is 1. The molecule has 0 aromatic heterocycles. The Kier molecular flexibility index (Phi) is 7.69. The van der Waals surface area contributed by atoms with E-state index in [1.54, 1.807) is 7.11 Å². The van der Waals surface area contributed by atoms with Gasteiger partial charge in [-0.05, 0) is 37.6 Å². The first-order valence-corrected chi connectivity index (χ1v) is 7.04. The molecule has 20 heavy (non-hydrogen) atoms. The Balaban J connectivity index is 2.52. The Morgan fingerprint density at radius 3 is 2.85 bits per heavy atom. The largest absolute Gasteiger partial charge is 0.383 e. The number of nitrogens with one attached hydrogen (secondary N) is 3. The molecule has 1 unspecified atom stereocenters. The zero-order chi connectivity index (χ0) is 14.8. The average Bonchev–Trinajstić information content (AvgIpc) is 2.45. The van der Waals surface area contributed by atoms with Gasteiger partial charge in [-0.2, -0.15) is 0 Å². The topological polar surface area (TPSA) is 62.4 Å². The van der Waals surface area contributed by atoms with Crippen LogP contribution in [0.1, 0.15) is 31.9 Å². The van der Waals surface area contributed by atoms with Crippen molar-refractivity contribution in [2.24, 2.45) is 0 Å². The molecule has 1 atom stereocenters. The van der Waals surface area contributed by atoms with Crippen LogP contribution in [0.4, 0.5) is 10.5 Å². The number of amides is 2. The first kappa shape index (κ1) is 16.5. The zero-order valence-electron chi connectivity index (χ0n) is 12.5. The van der Waals surface area contributed by atoms with E-state index in [-0.39, 0.29) is 12.1 Å². The third-order valence-corrected chi connectivity index (χ3v) is 2.94. The number of rotatable bonds is 8. The molecule has 0 heterocycles. The Morgan fingerprint density at radius 1 is 1.35 bits per heavy atom. The van der Waals surface area contributed by atoms with Gasteiger partial charge >= 0.3 is 6.03 Å². The van der Waals surface area contributed by atoms with Gasteiger partial charge in [-0.15, -0.1) is 0 Å². The molecule has 1 aromatic rings. The summed E-state index contributed by atoms with van der Waals surface area (Å²) in [4.78, 5) is 11.6. The summed E-state index contributed by atoms with van der Waals surface area (Å²) in [7, 11) is 1.60. The molecule has 2 amide bonds. The lowest BCUT2D eigenvalue weighted by Crippen LogP contribution is -2.31. The number of carbonyl (C=O) groups is 1. The number of ether oxygens (including phenoxy) is 1. The second kappa shape index (κ2) is 9.34. The molecule has 5 nitrogen and oxygen atoms in total. The van der Waals surface area contributed by atoms with Crippen molar-refractivity contribution in [2.75, 3.05) is 32.1 Å². The van der Waals surface area contributed by atoms with E-state index in [0.717, 1.165) is 24.2 Å². The molecule has 0 spiro atoms. The van der Waals surface area contributed by atoms with Crippen molar-refractivity contribution in [3.05, 3.63) is 29.8 Å². The van der Waals surface area contributed by atoms with E-state index in [4.69, 9.17) is 4.74 Å². The molecule has 0 radical (unpaired) electrons. The van der Waals surface area contributed by atoms with Gasteiger partial charge in [-0.3, -0.25) is 0 Å². The van der Waals surface area contributed by atoms with Crippen molar-refractivity contribution in [3.8, 4) is 0 Å². The summed E-state index contributed by atoms with van der Waals surface area (Å²) in [5.74, 6) is 0. The van der Waals surface area contributed by atoms with Gasteiger partial charge in [0.1, 0.15) is 0 Å². The molecule has 0 aliphatic rings. The second-order valence-corrected chi connectivity index (χ2v) is 4.67. The molecular formula is C15H25N3O2. The van der Waals surface area contributed by atoms with Crippen LogP contribution in [0.5, 0.6) is 0 Å². The predicted molar refractivity (Wildman–Crippen MR) is 82.0 cm³/mol. The Morgan fingerprint density at radius 2 is 2.15 bits per heavy atom. The second-order valence-electron chi connectivity index (χ2n) is 4.67. The van der Waals surface area contributed by atoms with Gasteiger partial charge in [-0.1, -0.05) is 19.1 Å². The first-order valence-electron chi connectivity index (χ1n) is 7.04. The molecule has 112 valence electrons. The van der Waals surface area contributed by atoms with Gasteiger partial charge in [0.2, 0.25) is 0 Å². The summed E-state index contributed by atoms with van der Waals surface area (Å²) in [6.45, 7) is 6.24. The molecule has 1 aromatic carbocycles. The maximum Gasteiger partial charge on any atom is 0.319 e. The normalized spacial score (nSPS) is 11.9. The van der Waals surface area contributed by atoms with Crippen molar-refractivity contribution in [1.82, 2.24) is 10.6 Å². The maximum absolute atomic E-state index is 11.6. The third kappa shape index (κ3) is 6.04. The molecule has 0 aliphatic carbocycles. The van der Waals surface area contributed by atoms with Crippen molar-refractivity contribution in [1.29, 1.82) is 0 Å². The van der Waals surface area contributed by atoms with E-state index in [1.165, 1.54) is 0 Å². The van der Waals surface area contributed by atoms with Crippen LogP contribution < -0.4 is 16.0 Å². The highest BCUT2D eigenvalue weighted by Crippen LogP contribution is 2.17. The van der Waals surface area contributed by atoms with Gasteiger partial charge in [0.15, 0.2) is 0 Å². The minimum atomic E-state index is -0.214. The van der Waals surface area contributed by atoms with Crippen molar-refractivity contribution < 1.29 is 9.53 Å². The van der Waals surface area contributed by atoms with E-state index in [0.29, 0.717) is 13.2 Å². The van der Waals surface area contributed by atoms with Crippen LogP contribution in [-0.2, 0) is 4.74 Å². The molecule has 0 saturated heterocycles. The highest BCUT2D eigenvalue weighted by molar-refractivity contribution is 5.89. The van der Waals surface area contributed by atoms with Gasteiger partial charge in [0, 0.05) is 25.4 Å². The molecule has 5 heteroatoms. The van der Waals surface area contributed by atoms with E-state index in [9.17, 15) is 4.79 Å². The van der Waals surface area contributed by atoms with Crippen LogP contribution in [0, 0.1) is 0 Å². The van der Waals surface area contributed by atoms with Gasteiger partial charge < -0.3 is 20.7 Å². The quantitative estimate of drug-likeness (QED) is 0.641. The Labute approximate surface area is 121 Å². The van der Waals surface area contributed by atoms with Crippen molar-refractivity contribution >= 4 is 11.7 Å². The van der Waals surface area contributed by atoms with Crippen LogP contribution in [0.3, 0.4) is 0 Å². The number of hydrogen-bond donors (Lipinski definition) is 3. The summed E-state index contributed by atoms with van der Waals surface area (Å²) in [6, 6.07) is 7.93. The monoisotopic (exact) mass is 279 g/mol. The Bertz CT molecular complexity index is 410. The van der Waals surface area contributed by atoms with E-state index >= 15 is 0 Å². The minimum Gasteiger partial charge on any atom is -0.383 e. The summed E-state index contributed by atoms with van der Waals surface area (Å²) in [6.07, 6.45) is 1.10. The molecule has 3 N–H and O–H groups in total. The fourth-order valence-electron chi connectivity index (χ4n) is 1.81. The first-order chi connectivity index (χ1) is 9.67. The third-order valence-electron chi connectivity index (χ3n) is 2.94. The van der Waals surface area contributed by atoms with E-state index in [1.807, 2.05) is 18.2 Å². The number of carbonyl (C=O) groups excluding carboxylic acids is 1. The van der Waals surface area contributed by atoms with Gasteiger partial charge in [0.05, 0.1) is 6.61 Å². The van der Waals surface area contributed by atoms with Crippen LogP contribution in [0.25, 0.3) is 0 Å². The summed E-state index contributed by atoms with van der Waals surface area (Å²) >= 11 is 0. The predicted octanol–water partition coefficient (Wildman–Crippen LogP) is 2.52. The fraction of sp³-hybridized carbons (Fsp3) is 0.533. The Hall–Kier alpha value is -1.59. The number of methoxy groups -OCH3 is 1. The highest BCUT2D eigenvalue weighted by Gasteiger charge is 2.06. The molecular weight excluding hydrogens is 254 g/mol. The van der Waals surface area contributed by atoms with Gasteiger partial charge in [-0.25, -0.2) is 4.79 Å². The van der Waals surface area contributed by atoms with Crippen LogP contribution in [0.15, 0.2) is 24.3 Å². The molecule has 0 aliphatic heterocycles. The van der Waals surface area contributed by atoms with Crippen LogP contribution in [0.2, 0.25) is 0 Å². The zero-order valence-corrected chi connectivity index (χ0v) is 12.5. The SMILES string of the molecule is CCCNC(C)c1cccc(NC(=O)NCCOC)c1. The van der Waals surface area contributed by atoms with Crippen molar-refractivity contribution in [3.63, 3.8) is 0 Å². The lowest BCUT2D eigenvalue weighted by Gasteiger charge is -2.15. The van der Waals surface area contributed by atoms with Crippen LogP contribution >= 0.6 is 0 Å². The highest BCUT2D eigenvalue weighted by atomic mass is 16.5. The van der Waals surface area contributed by atoms with Gasteiger partial charge in [0.25, 0.3) is 0 Å². The molecule has 0 bridgehead atoms. The fourth-order valence-corrected chi connectivity index (χ4v) is 1.81. The minimum absolute atomic E-state index is 0.214. The molecule has 0 saturated carbocycles. The summed E-state index contributed by atoms with van der Waals surface area (Å²) in [5.41, 5.74) is 1.95. The molecule has 0 fully saturated rings. The van der Waals surface area contributed by atoms with Crippen LogP contribution in [-0.4, -0.2) is 32.8 Å². The van der Waals surface area contributed by atoms with E-state index in [2.05, 4.69) is 35.9 Å². The van der Waals surface area contributed by atoms with E-state index < -0.39 is 0 Å². The lowest BCUT2D eigenvalue weighted by atomic mass is 10.1. The van der Waals surface area contributed by atoms with Crippen molar-refractivity contribution in [2.45, 2.75) is 26.3 Å².